The predicted molar refractivity (Wildman–Crippen MR) is 74.5 cm³/mol. The molecular formula is C14H10BrF4NO. The fourth-order valence-electron chi connectivity index (χ4n) is 1.75. The Morgan fingerprint density at radius 2 is 1.81 bits per heavy atom. The number of anilines is 1. The van der Waals surface area contributed by atoms with Gasteiger partial charge in [-0.3, -0.25) is 0 Å². The summed E-state index contributed by atoms with van der Waals surface area (Å²) >= 11 is 3.23. The van der Waals surface area contributed by atoms with Crippen molar-refractivity contribution < 1.29 is 22.7 Å². The molecule has 0 atom stereocenters. The van der Waals surface area contributed by atoms with Crippen molar-refractivity contribution in [3.05, 3.63) is 57.8 Å². The minimum atomic E-state index is -4.75. The van der Waals surface area contributed by atoms with Crippen LogP contribution < -0.4 is 5.32 Å². The van der Waals surface area contributed by atoms with Gasteiger partial charge in [0, 0.05) is 22.3 Å². The number of phenolic OH excluding ortho intramolecular Hbond substituents is 1. The molecule has 2 N–H and O–H groups in total. The van der Waals surface area contributed by atoms with E-state index in [1.165, 1.54) is 12.1 Å². The standard InChI is InChI=1S/C14H10BrF4NO/c15-9-1-4-13(21)8(5-9)7-20-10-2-3-12(16)11(6-10)14(17,18)19/h1-6,20-21H,7H2. The zero-order valence-corrected chi connectivity index (χ0v) is 12.1. The molecule has 2 aromatic rings. The number of hydrogen-bond donors (Lipinski definition) is 2. The van der Waals surface area contributed by atoms with Crippen LogP contribution in [-0.4, -0.2) is 5.11 Å². The largest absolute Gasteiger partial charge is 0.508 e. The number of alkyl halides is 3. The van der Waals surface area contributed by atoms with Gasteiger partial charge >= 0.3 is 6.18 Å². The number of benzene rings is 2. The minimum absolute atomic E-state index is 0.0175. The van der Waals surface area contributed by atoms with Crippen LogP contribution in [0.4, 0.5) is 23.2 Å². The molecule has 0 aromatic heterocycles. The fourth-order valence-corrected chi connectivity index (χ4v) is 2.15. The van der Waals surface area contributed by atoms with Gasteiger partial charge < -0.3 is 10.4 Å². The molecule has 0 saturated carbocycles. The van der Waals surface area contributed by atoms with E-state index >= 15 is 0 Å². The summed E-state index contributed by atoms with van der Waals surface area (Å²) in [7, 11) is 0. The molecule has 0 saturated heterocycles. The number of aromatic hydroxyl groups is 1. The maximum atomic E-state index is 13.2. The van der Waals surface area contributed by atoms with Gasteiger partial charge in [-0.15, -0.1) is 0 Å². The Balaban J connectivity index is 2.19. The lowest BCUT2D eigenvalue weighted by Crippen LogP contribution is -2.09. The summed E-state index contributed by atoms with van der Waals surface area (Å²) < 4.78 is 51.7. The monoisotopic (exact) mass is 363 g/mol. The highest BCUT2D eigenvalue weighted by molar-refractivity contribution is 9.10. The van der Waals surface area contributed by atoms with E-state index in [2.05, 4.69) is 21.2 Å². The van der Waals surface area contributed by atoms with Crippen molar-refractivity contribution in [3.63, 3.8) is 0 Å². The molecule has 0 aliphatic carbocycles. The minimum Gasteiger partial charge on any atom is -0.508 e. The Labute approximate surface area is 126 Å². The highest BCUT2D eigenvalue weighted by Gasteiger charge is 2.34. The van der Waals surface area contributed by atoms with E-state index in [1.54, 1.807) is 12.1 Å². The smallest absolute Gasteiger partial charge is 0.419 e. The third-order valence-electron chi connectivity index (χ3n) is 2.80. The topological polar surface area (TPSA) is 32.3 Å². The van der Waals surface area contributed by atoms with Crippen molar-refractivity contribution in [1.82, 2.24) is 0 Å². The predicted octanol–water partition coefficient (Wildman–Crippen LogP) is 4.92. The van der Waals surface area contributed by atoms with Crippen molar-refractivity contribution >= 4 is 21.6 Å². The van der Waals surface area contributed by atoms with Crippen LogP contribution in [-0.2, 0) is 12.7 Å². The van der Waals surface area contributed by atoms with Gasteiger partial charge in [-0.25, -0.2) is 4.39 Å². The summed E-state index contributed by atoms with van der Waals surface area (Å²) in [5.74, 6) is -1.30. The first-order valence-electron chi connectivity index (χ1n) is 5.85. The van der Waals surface area contributed by atoms with Gasteiger partial charge in [-0.2, -0.15) is 13.2 Å². The summed E-state index contributed by atoms with van der Waals surface area (Å²) in [6.07, 6.45) is -4.75. The van der Waals surface area contributed by atoms with Gasteiger partial charge in [0.25, 0.3) is 0 Å². The third kappa shape index (κ3) is 3.87. The number of rotatable bonds is 3. The molecule has 0 radical (unpaired) electrons. The van der Waals surface area contributed by atoms with Crippen LogP contribution in [0, 0.1) is 5.82 Å². The first-order valence-corrected chi connectivity index (χ1v) is 6.64. The van der Waals surface area contributed by atoms with Gasteiger partial charge in [0.2, 0.25) is 0 Å². The van der Waals surface area contributed by atoms with Gasteiger partial charge in [-0.1, -0.05) is 15.9 Å². The molecule has 112 valence electrons. The SMILES string of the molecule is Oc1ccc(Br)cc1CNc1ccc(F)c(C(F)(F)F)c1. The Kier molecular flexibility index (Phi) is 4.41. The third-order valence-corrected chi connectivity index (χ3v) is 3.29. The highest BCUT2D eigenvalue weighted by atomic mass is 79.9. The van der Waals surface area contributed by atoms with E-state index in [9.17, 15) is 22.7 Å². The molecule has 21 heavy (non-hydrogen) atoms. The molecular weight excluding hydrogens is 354 g/mol. The quantitative estimate of drug-likeness (QED) is 0.758. The maximum Gasteiger partial charge on any atom is 0.419 e. The Morgan fingerprint density at radius 3 is 2.48 bits per heavy atom. The first kappa shape index (κ1) is 15.6. The molecule has 0 spiro atoms. The van der Waals surface area contributed by atoms with E-state index in [1.807, 2.05) is 0 Å². The van der Waals surface area contributed by atoms with Gasteiger partial charge in [0.05, 0.1) is 5.56 Å². The summed E-state index contributed by atoms with van der Waals surface area (Å²) in [5.41, 5.74) is -0.712. The molecule has 2 nitrogen and oxygen atoms in total. The second-order valence-electron chi connectivity index (χ2n) is 4.32. The lowest BCUT2D eigenvalue weighted by atomic mass is 10.1. The van der Waals surface area contributed by atoms with Crippen molar-refractivity contribution in [2.75, 3.05) is 5.32 Å². The summed E-state index contributed by atoms with van der Waals surface area (Å²) in [5, 5.41) is 12.4. The average molecular weight is 364 g/mol. The molecule has 0 bridgehead atoms. The summed E-state index contributed by atoms with van der Waals surface area (Å²) in [4.78, 5) is 0. The lowest BCUT2D eigenvalue weighted by Gasteiger charge is -2.12. The number of halogens is 5. The second kappa shape index (κ2) is 5.93. The normalized spacial score (nSPS) is 11.5. The molecule has 7 heteroatoms. The van der Waals surface area contributed by atoms with Crippen LogP contribution >= 0.6 is 15.9 Å². The second-order valence-corrected chi connectivity index (χ2v) is 5.23. The van der Waals surface area contributed by atoms with E-state index in [-0.39, 0.29) is 18.0 Å². The van der Waals surface area contributed by atoms with Gasteiger partial charge in [0.15, 0.2) is 0 Å². The fraction of sp³-hybridized carbons (Fsp3) is 0.143. The van der Waals surface area contributed by atoms with Crippen LogP contribution in [0.15, 0.2) is 40.9 Å². The average Bonchev–Trinajstić information content (AvgIpc) is 2.40. The Hall–Kier alpha value is -1.76. The molecule has 2 aromatic carbocycles. The number of hydrogen-bond acceptors (Lipinski definition) is 2. The van der Waals surface area contributed by atoms with Crippen molar-refractivity contribution in [1.29, 1.82) is 0 Å². The lowest BCUT2D eigenvalue weighted by molar-refractivity contribution is -0.139. The molecule has 0 unspecified atom stereocenters. The van der Waals surface area contributed by atoms with E-state index in [0.717, 1.165) is 10.5 Å². The number of nitrogens with one attached hydrogen (secondary N) is 1. The first-order chi connectivity index (χ1) is 9.77. The molecule has 0 fully saturated rings. The van der Waals surface area contributed by atoms with Crippen LogP contribution in [0.2, 0.25) is 0 Å². The highest BCUT2D eigenvalue weighted by Crippen LogP contribution is 2.33. The van der Waals surface area contributed by atoms with Crippen molar-refractivity contribution in [2.45, 2.75) is 12.7 Å². The van der Waals surface area contributed by atoms with Crippen LogP contribution in [0.3, 0.4) is 0 Å². The maximum absolute atomic E-state index is 13.2. The molecule has 0 aliphatic rings. The molecule has 0 amide bonds. The zero-order chi connectivity index (χ0) is 15.6. The molecule has 0 heterocycles. The number of phenols is 1. The van der Waals surface area contributed by atoms with Crippen LogP contribution in [0.1, 0.15) is 11.1 Å². The summed E-state index contributed by atoms with van der Waals surface area (Å²) in [6.45, 7) is 0.105. The summed E-state index contributed by atoms with van der Waals surface area (Å²) in [6, 6.07) is 7.40. The Morgan fingerprint density at radius 1 is 1.10 bits per heavy atom. The zero-order valence-electron chi connectivity index (χ0n) is 10.5. The van der Waals surface area contributed by atoms with Crippen LogP contribution in [0.5, 0.6) is 5.75 Å². The van der Waals surface area contributed by atoms with Gasteiger partial charge in [-0.05, 0) is 36.4 Å². The molecule has 0 aliphatic heterocycles. The van der Waals surface area contributed by atoms with E-state index in [0.29, 0.717) is 11.6 Å². The van der Waals surface area contributed by atoms with Crippen molar-refractivity contribution in [3.8, 4) is 5.75 Å². The van der Waals surface area contributed by atoms with Gasteiger partial charge in [0.1, 0.15) is 11.6 Å². The molecule has 2 rings (SSSR count). The van der Waals surface area contributed by atoms with Crippen LogP contribution in [0.25, 0.3) is 0 Å². The Bertz CT molecular complexity index is 658. The van der Waals surface area contributed by atoms with Crippen molar-refractivity contribution in [2.24, 2.45) is 0 Å². The van der Waals surface area contributed by atoms with E-state index < -0.39 is 17.6 Å². The van der Waals surface area contributed by atoms with E-state index in [4.69, 9.17) is 0 Å².